The van der Waals surface area contributed by atoms with Crippen LogP contribution >= 0.6 is 0 Å². The number of fused-ring (bicyclic) bond motifs is 1. The van der Waals surface area contributed by atoms with E-state index in [0.717, 1.165) is 4.90 Å². The summed E-state index contributed by atoms with van der Waals surface area (Å²) >= 11 is 0. The fourth-order valence-electron chi connectivity index (χ4n) is 4.04. The van der Waals surface area contributed by atoms with Crippen LogP contribution in [0.15, 0.2) is 18.2 Å². The van der Waals surface area contributed by atoms with E-state index in [1.54, 1.807) is 6.92 Å². The van der Waals surface area contributed by atoms with Crippen LogP contribution in [0.25, 0.3) is 0 Å². The van der Waals surface area contributed by atoms with Crippen LogP contribution in [0.3, 0.4) is 0 Å². The smallest absolute Gasteiger partial charge is 0.328 e. The number of hydrogen-bond acceptors (Lipinski definition) is 9. The van der Waals surface area contributed by atoms with E-state index in [2.05, 4.69) is 0 Å². The van der Waals surface area contributed by atoms with E-state index in [0.29, 0.717) is 0 Å². The molecule has 1 aromatic carbocycles. The number of amides is 3. The average molecular weight is 435 g/mol. The summed E-state index contributed by atoms with van der Waals surface area (Å²) in [6, 6.07) is 1.27. The highest BCUT2D eigenvalue weighted by atomic mass is 16.6. The predicted molar refractivity (Wildman–Crippen MR) is 102 cm³/mol. The number of nitrogens with zero attached hydrogens (tertiary/aromatic N) is 3. The second-order valence-electron chi connectivity index (χ2n) is 6.93. The maximum absolute atomic E-state index is 13.0. The van der Waals surface area contributed by atoms with Gasteiger partial charge in [0.1, 0.15) is 12.6 Å². The molecule has 12 nitrogen and oxygen atoms in total. The van der Waals surface area contributed by atoms with E-state index in [-0.39, 0.29) is 30.0 Å². The van der Waals surface area contributed by atoms with Crippen molar-refractivity contribution in [1.82, 2.24) is 9.80 Å². The van der Waals surface area contributed by atoms with Crippen LogP contribution in [0.5, 0.6) is 5.75 Å². The van der Waals surface area contributed by atoms with Crippen molar-refractivity contribution in [1.29, 1.82) is 0 Å². The summed E-state index contributed by atoms with van der Waals surface area (Å²) in [5.74, 6) is -2.95. The molecular weight excluding hydrogens is 414 g/mol. The molecule has 0 saturated carbocycles. The summed E-state index contributed by atoms with van der Waals surface area (Å²) in [5, 5.41) is 11.4. The van der Waals surface area contributed by atoms with Gasteiger partial charge >= 0.3 is 23.7 Å². The minimum atomic E-state index is -1.00. The molecule has 0 aromatic heterocycles. The Morgan fingerprint density at radius 3 is 2.55 bits per heavy atom. The van der Waals surface area contributed by atoms with Gasteiger partial charge in [0.2, 0.25) is 0 Å². The Kier molecular flexibility index (Phi) is 6.09. The van der Waals surface area contributed by atoms with Gasteiger partial charge in [-0.1, -0.05) is 6.07 Å². The van der Waals surface area contributed by atoms with E-state index in [4.69, 9.17) is 14.2 Å². The Hall–Kier alpha value is -3.70. The number of urea groups is 1. The van der Waals surface area contributed by atoms with E-state index in [9.17, 15) is 29.3 Å². The van der Waals surface area contributed by atoms with Gasteiger partial charge in [0.15, 0.2) is 5.75 Å². The van der Waals surface area contributed by atoms with Gasteiger partial charge in [0.25, 0.3) is 5.91 Å². The van der Waals surface area contributed by atoms with Crippen LogP contribution in [0.2, 0.25) is 0 Å². The molecule has 2 aliphatic heterocycles. The number of benzene rings is 1. The first-order chi connectivity index (χ1) is 14.7. The van der Waals surface area contributed by atoms with Gasteiger partial charge < -0.3 is 19.1 Å². The van der Waals surface area contributed by atoms with Crippen molar-refractivity contribution in [3.05, 3.63) is 33.9 Å². The number of methoxy groups -OCH3 is 2. The minimum Gasteiger partial charge on any atom is -0.490 e. The molecule has 12 heteroatoms. The Labute approximate surface area is 176 Å². The number of imide groups is 1. The zero-order valence-electron chi connectivity index (χ0n) is 17.1. The van der Waals surface area contributed by atoms with Gasteiger partial charge in [0, 0.05) is 6.07 Å². The third-order valence-corrected chi connectivity index (χ3v) is 5.33. The molecule has 0 aliphatic carbocycles. The van der Waals surface area contributed by atoms with Crippen molar-refractivity contribution in [3.8, 4) is 5.75 Å². The summed E-state index contributed by atoms with van der Waals surface area (Å²) in [7, 11) is 2.46. The van der Waals surface area contributed by atoms with Crippen molar-refractivity contribution in [3.63, 3.8) is 0 Å². The van der Waals surface area contributed by atoms with Crippen molar-refractivity contribution < 1.29 is 38.3 Å². The standard InChI is InChI=1S/C19H21N3O9/c1-4-31-15(23)9-20-17(24)13-8-11(18(25)30-3)16(21(13)19(20)26)10-5-6-14(29-2)12(7-10)22(27)28/h5-7,11,13,16H,4,8-9H2,1-3H3. The first kappa shape index (κ1) is 22.0. The molecule has 0 bridgehead atoms. The van der Waals surface area contributed by atoms with Crippen LogP contribution in [-0.4, -0.2) is 72.0 Å². The van der Waals surface area contributed by atoms with E-state index >= 15 is 0 Å². The lowest BCUT2D eigenvalue weighted by atomic mass is 9.92. The number of hydrogen-bond donors (Lipinski definition) is 0. The Morgan fingerprint density at radius 2 is 1.97 bits per heavy atom. The molecule has 0 radical (unpaired) electrons. The zero-order chi connectivity index (χ0) is 22.9. The van der Waals surface area contributed by atoms with Gasteiger partial charge in [-0.3, -0.25) is 29.4 Å². The molecule has 2 aliphatic rings. The maximum atomic E-state index is 13.0. The van der Waals surface area contributed by atoms with E-state index < -0.39 is 53.3 Å². The van der Waals surface area contributed by atoms with Crippen LogP contribution < -0.4 is 4.74 Å². The van der Waals surface area contributed by atoms with Crippen LogP contribution in [0.4, 0.5) is 10.5 Å². The number of rotatable bonds is 7. The van der Waals surface area contributed by atoms with E-state index in [1.807, 2.05) is 0 Å². The van der Waals surface area contributed by atoms with Gasteiger partial charge in [-0.15, -0.1) is 0 Å². The molecule has 2 fully saturated rings. The number of ether oxygens (including phenoxy) is 3. The molecule has 166 valence electrons. The van der Waals surface area contributed by atoms with Gasteiger partial charge in [-0.05, 0) is 25.0 Å². The first-order valence-electron chi connectivity index (χ1n) is 9.44. The lowest BCUT2D eigenvalue weighted by Crippen LogP contribution is -2.40. The molecule has 3 unspecified atom stereocenters. The molecule has 3 rings (SSSR count). The molecule has 3 amide bonds. The van der Waals surface area contributed by atoms with Crippen molar-refractivity contribution >= 4 is 29.6 Å². The first-order valence-corrected chi connectivity index (χ1v) is 9.44. The fraction of sp³-hybridized carbons (Fsp3) is 0.474. The molecule has 2 saturated heterocycles. The number of nitro benzene ring substituents is 1. The number of nitro groups is 1. The second-order valence-corrected chi connectivity index (χ2v) is 6.93. The SMILES string of the molecule is CCOC(=O)CN1C(=O)C2CC(C(=O)OC)C(c3ccc(OC)c([N+](=O)[O-])c3)N2C1=O. The highest BCUT2D eigenvalue weighted by Crippen LogP contribution is 2.47. The molecular formula is C19H21N3O9. The summed E-state index contributed by atoms with van der Waals surface area (Å²) < 4.78 is 14.6. The topological polar surface area (TPSA) is 146 Å². The third kappa shape index (κ3) is 3.76. The third-order valence-electron chi connectivity index (χ3n) is 5.33. The predicted octanol–water partition coefficient (Wildman–Crippen LogP) is 1.03. The lowest BCUT2D eigenvalue weighted by Gasteiger charge is -2.26. The van der Waals surface area contributed by atoms with Gasteiger partial charge in [0.05, 0.1) is 37.7 Å². The molecule has 0 spiro atoms. The summed E-state index contributed by atoms with van der Waals surface area (Å²) in [6.07, 6.45) is -0.0406. The maximum Gasteiger partial charge on any atom is 0.328 e. The van der Waals surface area contributed by atoms with Crippen molar-refractivity contribution in [2.24, 2.45) is 5.92 Å². The van der Waals surface area contributed by atoms with Crippen LogP contribution in [-0.2, 0) is 23.9 Å². The van der Waals surface area contributed by atoms with Crippen molar-refractivity contribution in [2.75, 3.05) is 27.4 Å². The minimum absolute atomic E-state index is 0.00526. The Morgan fingerprint density at radius 1 is 1.26 bits per heavy atom. The summed E-state index contributed by atoms with van der Waals surface area (Å²) in [4.78, 5) is 62.8. The molecule has 1 aromatic rings. The average Bonchev–Trinajstić information content (AvgIpc) is 3.25. The van der Waals surface area contributed by atoms with Crippen LogP contribution in [0, 0.1) is 16.0 Å². The normalized spacial score (nSPS) is 22.4. The largest absolute Gasteiger partial charge is 0.490 e. The zero-order valence-corrected chi connectivity index (χ0v) is 17.1. The molecule has 3 atom stereocenters. The van der Waals surface area contributed by atoms with Gasteiger partial charge in [-0.25, -0.2) is 4.79 Å². The highest BCUT2D eigenvalue weighted by molar-refractivity contribution is 6.07. The van der Waals surface area contributed by atoms with E-state index in [1.165, 1.54) is 37.3 Å². The van der Waals surface area contributed by atoms with Crippen LogP contribution in [0.1, 0.15) is 24.9 Å². The number of carbonyl (C=O) groups is 4. The monoisotopic (exact) mass is 435 g/mol. The second kappa shape index (κ2) is 8.58. The number of carbonyl (C=O) groups excluding carboxylic acids is 4. The lowest BCUT2D eigenvalue weighted by molar-refractivity contribution is -0.385. The van der Waals surface area contributed by atoms with Crippen molar-refractivity contribution in [2.45, 2.75) is 25.4 Å². The molecule has 31 heavy (non-hydrogen) atoms. The molecule has 0 N–H and O–H groups in total. The quantitative estimate of drug-likeness (QED) is 0.265. The van der Waals surface area contributed by atoms with Gasteiger partial charge in [-0.2, -0.15) is 0 Å². The Bertz CT molecular complexity index is 948. The summed E-state index contributed by atoms with van der Waals surface area (Å²) in [6.45, 7) is 1.12. The Balaban J connectivity index is 2.02. The number of esters is 2. The summed E-state index contributed by atoms with van der Waals surface area (Å²) in [5.41, 5.74) is -0.0852. The highest BCUT2D eigenvalue weighted by Gasteiger charge is 2.58. The molecule has 2 heterocycles. The fourth-order valence-corrected chi connectivity index (χ4v) is 4.04.